The Kier molecular flexibility index (Phi) is 4.05. The fraction of sp³-hybridized carbons (Fsp3) is 0.400. The van der Waals surface area contributed by atoms with Gasteiger partial charge in [0.05, 0.1) is 10.6 Å². The Morgan fingerprint density at radius 2 is 2.27 bits per heavy atom. The number of carbonyl (C=O) groups is 1. The second kappa shape index (κ2) is 5.09. The molecule has 0 aliphatic rings. The van der Waals surface area contributed by atoms with Crippen molar-refractivity contribution in [3.05, 3.63) is 22.8 Å². The fourth-order valence-electron chi connectivity index (χ4n) is 1.13. The van der Waals surface area contributed by atoms with Gasteiger partial charge in [0.15, 0.2) is 5.78 Å². The molecule has 0 amide bonds. The molecule has 0 bridgehead atoms. The third-order valence-corrected chi connectivity index (χ3v) is 2.18. The predicted molar refractivity (Wildman–Crippen MR) is 61.2 cm³/mol. The number of anilines is 1. The van der Waals surface area contributed by atoms with Crippen molar-refractivity contribution in [3.63, 3.8) is 0 Å². The van der Waals surface area contributed by atoms with Crippen LogP contribution in [-0.4, -0.2) is 36.3 Å². The molecule has 0 saturated carbocycles. The van der Waals surface area contributed by atoms with Crippen LogP contribution in [0.4, 0.5) is 5.82 Å². The average Bonchev–Trinajstić information content (AvgIpc) is 2.18. The van der Waals surface area contributed by atoms with Gasteiger partial charge in [0.1, 0.15) is 5.82 Å². The second-order valence-corrected chi connectivity index (χ2v) is 4.00. The number of ketones is 1. The van der Waals surface area contributed by atoms with Gasteiger partial charge in [0, 0.05) is 19.2 Å². The molecule has 0 aliphatic carbocycles. The molecular weight excluding hydrogens is 214 g/mol. The van der Waals surface area contributed by atoms with Crippen LogP contribution in [0.5, 0.6) is 0 Å². The average molecular weight is 228 g/mol. The number of pyridine rings is 1. The molecule has 2 N–H and O–H groups in total. The lowest BCUT2D eigenvalue weighted by atomic mass is 10.1. The molecule has 0 fully saturated rings. The number of nitrogens with two attached hydrogens (primary N) is 1. The molecule has 1 aromatic heterocycles. The number of Topliss-reactive ketones (excluding diaryl/α,β-unsaturated/α-hetero) is 1. The highest BCUT2D eigenvalue weighted by atomic mass is 35.5. The molecule has 1 rings (SSSR count). The summed E-state index contributed by atoms with van der Waals surface area (Å²) in [6, 6.07) is 1.56. The molecular formula is C10H14ClN3O. The molecule has 0 unspecified atom stereocenters. The molecule has 0 radical (unpaired) electrons. The van der Waals surface area contributed by atoms with Gasteiger partial charge >= 0.3 is 0 Å². The van der Waals surface area contributed by atoms with E-state index in [2.05, 4.69) is 4.98 Å². The number of rotatable bonds is 4. The minimum Gasteiger partial charge on any atom is -0.383 e. The molecule has 0 aliphatic heterocycles. The van der Waals surface area contributed by atoms with Gasteiger partial charge in [-0.1, -0.05) is 11.6 Å². The van der Waals surface area contributed by atoms with E-state index in [4.69, 9.17) is 17.3 Å². The van der Waals surface area contributed by atoms with E-state index in [-0.39, 0.29) is 11.6 Å². The van der Waals surface area contributed by atoms with Crippen LogP contribution < -0.4 is 5.73 Å². The summed E-state index contributed by atoms with van der Waals surface area (Å²) in [6.07, 6.45) is 1.85. The van der Waals surface area contributed by atoms with Crippen molar-refractivity contribution in [1.82, 2.24) is 9.88 Å². The predicted octanol–water partition coefficient (Wildman–Crippen LogP) is 1.45. The number of halogens is 1. The van der Waals surface area contributed by atoms with E-state index >= 15 is 0 Å². The van der Waals surface area contributed by atoms with Crippen LogP contribution in [0.2, 0.25) is 5.02 Å². The summed E-state index contributed by atoms with van der Waals surface area (Å²) in [6.45, 7) is 0.685. The second-order valence-electron chi connectivity index (χ2n) is 3.56. The molecule has 0 spiro atoms. The first-order chi connectivity index (χ1) is 7.00. The lowest BCUT2D eigenvalue weighted by Crippen LogP contribution is -2.17. The van der Waals surface area contributed by atoms with E-state index in [9.17, 15) is 4.79 Å². The van der Waals surface area contributed by atoms with Crippen molar-refractivity contribution in [3.8, 4) is 0 Å². The monoisotopic (exact) mass is 227 g/mol. The maximum atomic E-state index is 11.7. The van der Waals surface area contributed by atoms with E-state index in [0.717, 1.165) is 0 Å². The minimum atomic E-state index is -0.0313. The number of hydrogen-bond donors (Lipinski definition) is 1. The van der Waals surface area contributed by atoms with E-state index in [1.165, 1.54) is 6.20 Å². The normalized spacial score (nSPS) is 10.7. The van der Waals surface area contributed by atoms with Crippen molar-refractivity contribution in [2.45, 2.75) is 6.42 Å². The van der Waals surface area contributed by atoms with Crippen molar-refractivity contribution in [2.24, 2.45) is 0 Å². The van der Waals surface area contributed by atoms with Gasteiger partial charge in [-0.2, -0.15) is 0 Å². The topological polar surface area (TPSA) is 59.2 Å². The molecule has 0 saturated heterocycles. The largest absolute Gasteiger partial charge is 0.383 e. The SMILES string of the molecule is CN(C)CCC(=O)c1cc(Cl)cnc1N. The number of carbonyl (C=O) groups excluding carboxylic acids is 1. The number of nitrogen functional groups attached to an aromatic ring is 1. The Morgan fingerprint density at radius 3 is 2.87 bits per heavy atom. The first kappa shape index (κ1) is 11.9. The Bertz CT molecular complexity index is 366. The van der Waals surface area contributed by atoms with E-state index in [1.54, 1.807) is 6.07 Å². The first-order valence-electron chi connectivity index (χ1n) is 4.59. The standard InChI is InChI=1S/C10H14ClN3O/c1-14(2)4-3-9(15)8-5-7(11)6-13-10(8)12/h5-6H,3-4H2,1-2H3,(H2,12,13). The third-order valence-electron chi connectivity index (χ3n) is 1.97. The van der Waals surface area contributed by atoms with Gasteiger partial charge in [-0.25, -0.2) is 4.98 Å². The first-order valence-corrected chi connectivity index (χ1v) is 4.97. The molecule has 1 heterocycles. The summed E-state index contributed by atoms with van der Waals surface area (Å²) in [5, 5.41) is 0.428. The van der Waals surface area contributed by atoms with Gasteiger partial charge < -0.3 is 10.6 Å². The van der Waals surface area contributed by atoms with Crippen LogP contribution >= 0.6 is 11.6 Å². The Balaban J connectivity index is 2.77. The molecule has 82 valence electrons. The zero-order chi connectivity index (χ0) is 11.4. The van der Waals surface area contributed by atoms with Crippen LogP contribution in [0.1, 0.15) is 16.8 Å². The maximum Gasteiger partial charge on any atom is 0.167 e. The molecule has 1 aromatic rings. The van der Waals surface area contributed by atoms with Crippen LogP contribution in [-0.2, 0) is 0 Å². The van der Waals surface area contributed by atoms with Gasteiger partial charge in [0.25, 0.3) is 0 Å². The van der Waals surface area contributed by atoms with Crippen LogP contribution in [0.15, 0.2) is 12.3 Å². The third kappa shape index (κ3) is 3.49. The van der Waals surface area contributed by atoms with Crippen molar-refractivity contribution in [1.29, 1.82) is 0 Å². The Labute approximate surface area is 94.0 Å². The van der Waals surface area contributed by atoms with Gasteiger partial charge in [-0.3, -0.25) is 4.79 Å². The van der Waals surface area contributed by atoms with Crippen LogP contribution in [0.3, 0.4) is 0 Å². The molecule has 4 nitrogen and oxygen atoms in total. The van der Waals surface area contributed by atoms with E-state index < -0.39 is 0 Å². The summed E-state index contributed by atoms with van der Waals surface area (Å²) in [5.41, 5.74) is 6.00. The highest BCUT2D eigenvalue weighted by Crippen LogP contribution is 2.16. The van der Waals surface area contributed by atoms with Crippen molar-refractivity contribution < 1.29 is 4.79 Å². The number of aromatic nitrogens is 1. The van der Waals surface area contributed by atoms with Gasteiger partial charge in [-0.05, 0) is 20.2 Å². The lowest BCUT2D eigenvalue weighted by Gasteiger charge is -2.09. The van der Waals surface area contributed by atoms with Crippen molar-refractivity contribution >= 4 is 23.2 Å². The van der Waals surface area contributed by atoms with E-state index in [1.807, 2.05) is 19.0 Å². The van der Waals surface area contributed by atoms with Crippen LogP contribution in [0.25, 0.3) is 0 Å². The molecule has 15 heavy (non-hydrogen) atoms. The lowest BCUT2D eigenvalue weighted by molar-refractivity contribution is 0.0973. The summed E-state index contributed by atoms with van der Waals surface area (Å²) in [7, 11) is 3.82. The molecule has 0 atom stereocenters. The van der Waals surface area contributed by atoms with Crippen molar-refractivity contribution in [2.75, 3.05) is 26.4 Å². The van der Waals surface area contributed by atoms with Gasteiger partial charge in [0.2, 0.25) is 0 Å². The quantitative estimate of drug-likeness (QED) is 0.791. The maximum absolute atomic E-state index is 11.7. The zero-order valence-corrected chi connectivity index (χ0v) is 9.58. The molecule has 5 heteroatoms. The number of nitrogens with zero attached hydrogens (tertiary/aromatic N) is 2. The Hall–Kier alpha value is -1.13. The molecule has 0 aromatic carbocycles. The van der Waals surface area contributed by atoms with E-state index in [0.29, 0.717) is 23.6 Å². The summed E-state index contributed by atoms with van der Waals surface area (Å²) in [5.74, 6) is 0.208. The van der Waals surface area contributed by atoms with Crippen LogP contribution in [0, 0.1) is 0 Å². The summed E-state index contributed by atoms with van der Waals surface area (Å²) < 4.78 is 0. The zero-order valence-electron chi connectivity index (χ0n) is 8.83. The highest BCUT2D eigenvalue weighted by Gasteiger charge is 2.11. The number of hydrogen-bond acceptors (Lipinski definition) is 4. The fourth-order valence-corrected chi connectivity index (χ4v) is 1.29. The Morgan fingerprint density at radius 1 is 1.60 bits per heavy atom. The minimum absolute atomic E-state index is 0.0313. The smallest absolute Gasteiger partial charge is 0.167 e. The summed E-state index contributed by atoms with van der Waals surface area (Å²) >= 11 is 5.74. The van der Waals surface area contributed by atoms with Gasteiger partial charge in [-0.15, -0.1) is 0 Å². The summed E-state index contributed by atoms with van der Waals surface area (Å²) in [4.78, 5) is 17.5. The highest BCUT2D eigenvalue weighted by molar-refractivity contribution is 6.31.